The molecule has 0 aliphatic carbocycles. The van der Waals surface area contributed by atoms with Crippen molar-refractivity contribution >= 4 is 58.9 Å². The Bertz CT molecular complexity index is 1020. The first-order valence-corrected chi connectivity index (χ1v) is 12.1. The Morgan fingerprint density at radius 2 is 1.53 bits per heavy atom. The van der Waals surface area contributed by atoms with Crippen LogP contribution in [0.25, 0.3) is 0 Å². The predicted octanol–water partition coefficient (Wildman–Crippen LogP) is 7.48. The zero-order chi connectivity index (χ0) is 23.5. The lowest BCUT2D eigenvalue weighted by atomic mass is 9.82. The molecule has 0 aliphatic heterocycles. The number of urea groups is 1. The molecule has 1 atom stereocenters. The summed E-state index contributed by atoms with van der Waals surface area (Å²) in [6.07, 6.45) is 5.02. The van der Waals surface area contributed by atoms with Crippen molar-refractivity contribution in [1.82, 2.24) is 5.32 Å². The first-order valence-electron chi connectivity index (χ1n) is 11.3. The lowest BCUT2D eigenvalue weighted by Crippen LogP contribution is -2.43. The molecule has 0 bridgehead atoms. The Hall–Kier alpha value is -1.80. The number of amides is 2. The summed E-state index contributed by atoms with van der Waals surface area (Å²) in [6.45, 7) is 0.595. The molecule has 0 saturated heterocycles. The van der Waals surface area contributed by atoms with Gasteiger partial charge in [-0.3, -0.25) is 0 Å². The van der Waals surface area contributed by atoms with Gasteiger partial charge in [0.05, 0.1) is 0 Å². The first-order chi connectivity index (χ1) is 15.9. The second-order valence-corrected chi connectivity index (χ2v) is 9.30. The van der Waals surface area contributed by atoms with Crippen LogP contribution in [0.2, 0.25) is 10.0 Å². The average molecular weight is 612 g/mol. The van der Waals surface area contributed by atoms with Gasteiger partial charge in [-0.1, -0.05) is 71.7 Å². The van der Waals surface area contributed by atoms with Gasteiger partial charge in [0.15, 0.2) is 0 Å². The highest BCUT2D eigenvalue weighted by Gasteiger charge is 2.25. The number of hydrogen-bond donors (Lipinski definition) is 3. The molecular formula is C27H32Cl2IN3O. The molecule has 3 rings (SSSR count). The molecule has 182 valence electrons. The summed E-state index contributed by atoms with van der Waals surface area (Å²) in [5, 5.41) is 7.23. The van der Waals surface area contributed by atoms with Crippen LogP contribution in [0.15, 0.2) is 78.9 Å². The van der Waals surface area contributed by atoms with Crippen molar-refractivity contribution < 1.29 is 4.79 Å². The second-order valence-electron chi connectivity index (χ2n) is 8.46. The van der Waals surface area contributed by atoms with Crippen LogP contribution in [0, 0.1) is 0 Å². The smallest absolute Gasteiger partial charge is 0.319 e. The van der Waals surface area contributed by atoms with Crippen LogP contribution in [0.1, 0.15) is 36.8 Å². The van der Waals surface area contributed by atoms with Gasteiger partial charge in [-0.05, 0) is 80.0 Å². The van der Waals surface area contributed by atoms with Crippen LogP contribution in [-0.2, 0) is 12.8 Å². The predicted molar refractivity (Wildman–Crippen MR) is 155 cm³/mol. The highest BCUT2D eigenvalue weighted by Crippen LogP contribution is 2.27. The van der Waals surface area contributed by atoms with E-state index in [1.54, 1.807) is 0 Å². The molecule has 1 unspecified atom stereocenters. The van der Waals surface area contributed by atoms with E-state index in [1.165, 1.54) is 5.56 Å². The van der Waals surface area contributed by atoms with E-state index in [-0.39, 0.29) is 30.0 Å². The number of unbranched alkanes of at least 4 members (excludes halogenated alkanes) is 1. The Balaban J connectivity index is 0.00000408. The summed E-state index contributed by atoms with van der Waals surface area (Å²) < 4.78 is 0. The highest BCUT2D eigenvalue weighted by atomic mass is 127. The monoisotopic (exact) mass is 611 g/mol. The number of nitrogens with two attached hydrogens (primary N) is 1. The van der Waals surface area contributed by atoms with Gasteiger partial charge in [0, 0.05) is 27.8 Å². The van der Waals surface area contributed by atoms with Gasteiger partial charge in [-0.2, -0.15) is 0 Å². The quantitative estimate of drug-likeness (QED) is 0.155. The Morgan fingerprint density at radius 1 is 0.853 bits per heavy atom. The molecule has 7 heteroatoms. The maximum Gasteiger partial charge on any atom is 0.319 e. The largest absolute Gasteiger partial charge is 0.338 e. The summed E-state index contributed by atoms with van der Waals surface area (Å²) >= 11 is 12.4. The molecule has 3 aromatic carbocycles. The molecule has 0 aromatic heterocycles. The lowest BCUT2D eigenvalue weighted by Gasteiger charge is -2.30. The summed E-state index contributed by atoms with van der Waals surface area (Å²) in [4.78, 5) is 12.1. The lowest BCUT2D eigenvalue weighted by molar-refractivity contribution is 0.251. The highest BCUT2D eigenvalue weighted by molar-refractivity contribution is 14.0. The average Bonchev–Trinajstić information content (AvgIpc) is 2.81. The van der Waals surface area contributed by atoms with Crippen LogP contribution in [-0.4, -0.2) is 18.1 Å². The van der Waals surface area contributed by atoms with Gasteiger partial charge in [0.1, 0.15) is 0 Å². The van der Waals surface area contributed by atoms with Crippen molar-refractivity contribution in [2.24, 2.45) is 5.73 Å². The van der Waals surface area contributed by atoms with E-state index in [9.17, 15) is 4.79 Å². The number of rotatable bonds is 11. The number of hydrogen-bond acceptors (Lipinski definition) is 2. The van der Waals surface area contributed by atoms with Gasteiger partial charge in [-0.15, -0.1) is 24.0 Å². The number of para-hydroxylation sites is 1. The van der Waals surface area contributed by atoms with Crippen molar-refractivity contribution in [3.05, 3.63) is 100 Å². The molecule has 2 amide bonds. The molecule has 0 saturated carbocycles. The van der Waals surface area contributed by atoms with E-state index < -0.39 is 5.54 Å². The molecule has 0 heterocycles. The van der Waals surface area contributed by atoms with E-state index in [0.717, 1.165) is 53.4 Å². The van der Waals surface area contributed by atoms with Crippen molar-refractivity contribution in [2.45, 2.75) is 44.1 Å². The SMILES string of the molecule is I.NC(CCCCNC(=O)Nc1ccccc1)(CCc1ccc(Cl)cc1)Cc1ccccc1Cl. The molecule has 34 heavy (non-hydrogen) atoms. The summed E-state index contributed by atoms with van der Waals surface area (Å²) in [7, 11) is 0. The van der Waals surface area contributed by atoms with Crippen LogP contribution in [0.3, 0.4) is 0 Å². The van der Waals surface area contributed by atoms with Crippen molar-refractivity contribution in [3.63, 3.8) is 0 Å². The van der Waals surface area contributed by atoms with Gasteiger partial charge in [0.25, 0.3) is 0 Å². The topological polar surface area (TPSA) is 67.1 Å². The molecule has 4 nitrogen and oxygen atoms in total. The maximum absolute atomic E-state index is 12.1. The van der Waals surface area contributed by atoms with E-state index in [2.05, 4.69) is 10.6 Å². The van der Waals surface area contributed by atoms with Gasteiger partial charge in [0.2, 0.25) is 0 Å². The van der Waals surface area contributed by atoms with Gasteiger partial charge >= 0.3 is 6.03 Å². The Morgan fingerprint density at radius 3 is 2.24 bits per heavy atom. The number of benzene rings is 3. The van der Waals surface area contributed by atoms with E-state index in [1.807, 2.05) is 78.9 Å². The normalized spacial score (nSPS) is 12.3. The first kappa shape index (κ1) is 28.4. The number of anilines is 1. The molecular weight excluding hydrogens is 580 g/mol. The zero-order valence-electron chi connectivity index (χ0n) is 19.1. The fraction of sp³-hybridized carbons (Fsp3) is 0.296. The van der Waals surface area contributed by atoms with Crippen molar-refractivity contribution in [2.75, 3.05) is 11.9 Å². The molecule has 0 spiro atoms. The zero-order valence-corrected chi connectivity index (χ0v) is 22.9. The number of nitrogens with one attached hydrogen (secondary N) is 2. The maximum atomic E-state index is 12.1. The fourth-order valence-corrected chi connectivity index (χ4v) is 4.20. The van der Waals surface area contributed by atoms with Gasteiger partial charge in [-0.25, -0.2) is 4.79 Å². The van der Waals surface area contributed by atoms with Crippen LogP contribution < -0.4 is 16.4 Å². The van der Waals surface area contributed by atoms with E-state index in [4.69, 9.17) is 28.9 Å². The minimum absolute atomic E-state index is 0. The van der Waals surface area contributed by atoms with Crippen LogP contribution in [0.5, 0.6) is 0 Å². The van der Waals surface area contributed by atoms with E-state index >= 15 is 0 Å². The Kier molecular flexibility index (Phi) is 12.2. The third-order valence-corrected chi connectivity index (χ3v) is 6.36. The summed E-state index contributed by atoms with van der Waals surface area (Å²) in [6, 6.07) is 25.0. The third kappa shape index (κ3) is 9.82. The number of halogens is 3. The standard InChI is InChI=1S/C27H31Cl2N3O.HI/c28-23-14-12-21(13-15-23)16-18-27(30,20-22-8-4-5-11-25(22)29)17-6-7-19-31-26(33)32-24-9-2-1-3-10-24;/h1-5,8-15H,6-7,16-20,30H2,(H2,31,32,33);1H. The third-order valence-electron chi connectivity index (χ3n) is 5.74. The molecule has 0 aliphatic rings. The fourth-order valence-electron chi connectivity index (χ4n) is 3.87. The minimum atomic E-state index is -0.392. The summed E-state index contributed by atoms with van der Waals surface area (Å²) in [5.41, 5.74) is 9.60. The number of carbonyl (C=O) groups excluding carboxylic acids is 1. The van der Waals surface area contributed by atoms with Crippen LogP contribution >= 0.6 is 47.2 Å². The minimum Gasteiger partial charge on any atom is -0.338 e. The van der Waals surface area contributed by atoms with Crippen molar-refractivity contribution in [1.29, 1.82) is 0 Å². The van der Waals surface area contributed by atoms with E-state index in [0.29, 0.717) is 13.0 Å². The van der Waals surface area contributed by atoms with Crippen LogP contribution in [0.4, 0.5) is 10.5 Å². The molecule has 4 N–H and O–H groups in total. The summed E-state index contributed by atoms with van der Waals surface area (Å²) in [5.74, 6) is 0. The van der Waals surface area contributed by atoms with Gasteiger partial charge < -0.3 is 16.4 Å². The molecule has 3 aromatic rings. The second kappa shape index (κ2) is 14.6. The number of aryl methyl sites for hydroxylation is 1. The van der Waals surface area contributed by atoms with Crippen molar-refractivity contribution in [3.8, 4) is 0 Å². The molecule has 0 radical (unpaired) electrons. The molecule has 0 fully saturated rings. The Labute approximate surface area is 229 Å². The number of carbonyl (C=O) groups is 1.